The molecule has 1 N–H and O–H groups in total. The van der Waals surface area contributed by atoms with Crippen molar-refractivity contribution >= 4 is 17.1 Å². The maximum atomic E-state index is 12.6. The molecule has 0 saturated heterocycles. The Bertz CT molecular complexity index is 1100. The highest BCUT2D eigenvalue weighted by Gasteiger charge is 2.12. The van der Waals surface area contributed by atoms with E-state index in [1.807, 2.05) is 39.5 Å². The second kappa shape index (κ2) is 8.61. The van der Waals surface area contributed by atoms with Crippen molar-refractivity contribution in [2.24, 2.45) is 0 Å². The van der Waals surface area contributed by atoms with E-state index in [1.165, 1.54) is 0 Å². The zero-order chi connectivity index (χ0) is 20.1. The molecule has 0 fully saturated rings. The van der Waals surface area contributed by atoms with Gasteiger partial charge in [0, 0.05) is 32.1 Å². The van der Waals surface area contributed by atoms with E-state index in [9.17, 15) is 4.79 Å². The molecule has 3 aromatic heterocycles. The van der Waals surface area contributed by atoms with Gasteiger partial charge in [-0.15, -0.1) is 10.2 Å². The first-order chi connectivity index (χ1) is 14.3. The molecule has 0 atom stereocenters. The van der Waals surface area contributed by atoms with E-state index in [0.717, 1.165) is 18.7 Å². The predicted octanol–water partition coefficient (Wildman–Crippen LogP) is 1.98. The van der Waals surface area contributed by atoms with Crippen LogP contribution in [0.4, 0.5) is 0 Å². The first-order valence-corrected chi connectivity index (χ1v) is 9.28. The SMILES string of the molecule is COCCCn1cnnc1CNC(=O)c1cnc2c(c1)ncn2-c1ccccc1. The zero-order valence-electron chi connectivity index (χ0n) is 16.0. The number of pyridine rings is 1. The molecule has 1 amide bonds. The summed E-state index contributed by atoms with van der Waals surface area (Å²) in [6, 6.07) is 11.6. The number of hydrogen-bond acceptors (Lipinski definition) is 6. The molecular formula is C20H21N7O2. The molecule has 4 aromatic rings. The molecule has 0 spiro atoms. The molecule has 0 aliphatic rings. The number of carbonyl (C=O) groups is 1. The summed E-state index contributed by atoms with van der Waals surface area (Å²) in [6.07, 6.45) is 5.76. The van der Waals surface area contributed by atoms with Crippen molar-refractivity contribution in [3.63, 3.8) is 0 Å². The zero-order valence-corrected chi connectivity index (χ0v) is 16.0. The standard InChI is InChI=1S/C20H21N7O2/c1-29-9-5-8-26-14-24-25-18(26)12-22-20(28)15-10-17-19(21-11-15)27(13-23-17)16-6-3-2-4-7-16/h2-4,6-7,10-11,13-14H,5,8-9,12H2,1H3,(H,22,28). The van der Waals surface area contributed by atoms with Gasteiger partial charge in [0.05, 0.1) is 12.1 Å². The van der Waals surface area contributed by atoms with Crippen molar-refractivity contribution in [1.29, 1.82) is 0 Å². The van der Waals surface area contributed by atoms with Gasteiger partial charge in [-0.2, -0.15) is 0 Å². The first kappa shape index (κ1) is 18.8. The summed E-state index contributed by atoms with van der Waals surface area (Å²) in [5.41, 5.74) is 2.77. The Kier molecular flexibility index (Phi) is 5.57. The third-order valence-electron chi connectivity index (χ3n) is 4.53. The number of aromatic nitrogens is 6. The van der Waals surface area contributed by atoms with Crippen molar-refractivity contribution in [1.82, 2.24) is 34.6 Å². The van der Waals surface area contributed by atoms with Crippen molar-refractivity contribution < 1.29 is 9.53 Å². The third-order valence-corrected chi connectivity index (χ3v) is 4.53. The van der Waals surface area contributed by atoms with Gasteiger partial charge in [-0.3, -0.25) is 9.36 Å². The summed E-state index contributed by atoms with van der Waals surface area (Å²) in [6.45, 7) is 1.67. The van der Waals surface area contributed by atoms with Gasteiger partial charge >= 0.3 is 0 Å². The molecule has 9 heteroatoms. The fourth-order valence-corrected chi connectivity index (χ4v) is 3.05. The van der Waals surface area contributed by atoms with E-state index < -0.39 is 0 Å². The van der Waals surface area contributed by atoms with E-state index in [4.69, 9.17) is 4.74 Å². The van der Waals surface area contributed by atoms with E-state index in [2.05, 4.69) is 25.5 Å². The minimum Gasteiger partial charge on any atom is -0.385 e. The molecular weight excluding hydrogens is 370 g/mol. The fraction of sp³-hybridized carbons (Fsp3) is 0.250. The molecule has 1 aromatic carbocycles. The molecule has 9 nitrogen and oxygen atoms in total. The average Bonchev–Trinajstić information content (AvgIpc) is 3.39. The highest BCUT2D eigenvalue weighted by molar-refractivity contribution is 5.96. The quantitative estimate of drug-likeness (QED) is 0.461. The summed E-state index contributed by atoms with van der Waals surface area (Å²) in [5, 5.41) is 10.9. The Balaban J connectivity index is 1.45. The Morgan fingerprint density at radius 1 is 1.17 bits per heavy atom. The van der Waals surface area contributed by atoms with Crippen LogP contribution in [0.15, 0.2) is 55.2 Å². The number of imidazole rings is 1. The lowest BCUT2D eigenvalue weighted by molar-refractivity contribution is 0.0949. The summed E-state index contributed by atoms with van der Waals surface area (Å²) in [4.78, 5) is 21.4. The molecule has 0 aliphatic carbocycles. The van der Waals surface area contributed by atoms with Gasteiger partial charge in [0.2, 0.25) is 0 Å². The molecule has 3 heterocycles. The van der Waals surface area contributed by atoms with Crippen LogP contribution < -0.4 is 5.32 Å². The number of para-hydroxylation sites is 1. The number of benzene rings is 1. The fourth-order valence-electron chi connectivity index (χ4n) is 3.05. The Morgan fingerprint density at radius 3 is 2.86 bits per heavy atom. The molecule has 148 valence electrons. The summed E-state index contributed by atoms with van der Waals surface area (Å²) >= 11 is 0. The second-order valence-electron chi connectivity index (χ2n) is 6.49. The largest absolute Gasteiger partial charge is 0.385 e. The topological polar surface area (TPSA) is 99.8 Å². The lowest BCUT2D eigenvalue weighted by atomic mass is 10.2. The number of fused-ring (bicyclic) bond motifs is 1. The lowest BCUT2D eigenvalue weighted by Crippen LogP contribution is -2.25. The van der Waals surface area contributed by atoms with Crippen molar-refractivity contribution in [3.8, 4) is 5.69 Å². The van der Waals surface area contributed by atoms with Crippen LogP contribution in [0.5, 0.6) is 0 Å². The number of carbonyl (C=O) groups excluding carboxylic acids is 1. The maximum Gasteiger partial charge on any atom is 0.253 e. The van der Waals surface area contributed by atoms with E-state index in [-0.39, 0.29) is 12.5 Å². The van der Waals surface area contributed by atoms with Gasteiger partial charge in [0.15, 0.2) is 11.5 Å². The molecule has 0 bridgehead atoms. The van der Waals surface area contributed by atoms with Crippen LogP contribution in [0.2, 0.25) is 0 Å². The number of nitrogens with zero attached hydrogens (tertiary/aromatic N) is 6. The monoisotopic (exact) mass is 391 g/mol. The number of ether oxygens (including phenoxy) is 1. The van der Waals surface area contributed by atoms with Crippen LogP contribution >= 0.6 is 0 Å². The number of methoxy groups -OCH3 is 1. The van der Waals surface area contributed by atoms with Gasteiger partial charge in [-0.05, 0) is 24.6 Å². The first-order valence-electron chi connectivity index (χ1n) is 9.28. The Morgan fingerprint density at radius 2 is 2.03 bits per heavy atom. The highest BCUT2D eigenvalue weighted by Crippen LogP contribution is 2.17. The number of aryl methyl sites for hydroxylation is 1. The highest BCUT2D eigenvalue weighted by atomic mass is 16.5. The lowest BCUT2D eigenvalue weighted by Gasteiger charge is -2.08. The van der Waals surface area contributed by atoms with Gasteiger partial charge in [-0.1, -0.05) is 18.2 Å². The van der Waals surface area contributed by atoms with Gasteiger partial charge in [-0.25, -0.2) is 9.97 Å². The van der Waals surface area contributed by atoms with Gasteiger partial charge in [0.25, 0.3) is 5.91 Å². The summed E-state index contributed by atoms with van der Waals surface area (Å²) < 4.78 is 8.86. The minimum atomic E-state index is -0.236. The number of amides is 1. The summed E-state index contributed by atoms with van der Waals surface area (Å²) in [7, 11) is 1.67. The summed E-state index contributed by atoms with van der Waals surface area (Å²) in [5.74, 6) is 0.456. The van der Waals surface area contributed by atoms with Crippen LogP contribution in [0, 0.1) is 0 Å². The number of rotatable bonds is 8. The van der Waals surface area contributed by atoms with Crippen molar-refractivity contribution in [2.75, 3.05) is 13.7 Å². The van der Waals surface area contributed by atoms with Crippen LogP contribution in [0.3, 0.4) is 0 Å². The molecule has 0 unspecified atom stereocenters. The maximum absolute atomic E-state index is 12.6. The average molecular weight is 391 g/mol. The normalized spacial score (nSPS) is 11.1. The number of nitrogens with one attached hydrogen (secondary N) is 1. The van der Waals surface area contributed by atoms with Crippen molar-refractivity contribution in [3.05, 3.63) is 66.6 Å². The van der Waals surface area contributed by atoms with Crippen LogP contribution in [-0.4, -0.2) is 48.9 Å². The van der Waals surface area contributed by atoms with Crippen molar-refractivity contribution in [2.45, 2.75) is 19.5 Å². The minimum absolute atomic E-state index is 0.236. The predicted molar refractivity (Wildman–Crippen MR) is 107 cm³/mol. The van der Waals surface area contributed by atoms with Crippen LogP contribution in [-0.2, 0) is 17.8 Å². The second-order valence-corrected chi connectivity index (χ2v) is 6.49. The molecule has 0 aliphatic heterocycles. The van der Waals surface area contributed by atoms with Crippen LogP contribution in [0.1, 0.15) is 22.6 Å². The van der Waals surface area contributed by atoms with E-state index in [0.29, 0.717) is 29.2 Å². The third kappa shape index (κ3) is 4.14. The van der Waals surface area contributed by atoms with Gasteiger partial charge in [0.1, 0.15) is 18.2 Å². The molecule has 4 rings (SSSR count). The van der Waals surface area contributed by atoms with Crippen LogP contribution in [0.25, 0.3) is 16.9 Å². The molecule has 0 saturated carbocycles. The number of hydrogen-bond donors (Lipinski definition) is 1. The Hall–Kier alpha value is -3.59. The van der Waals surface area contributed by atoms with E-state index >= 15 is 0 Å². The molecule has 0 radical (unpaired) electrons. The van der Waals surface area contributed by atoms with Gasteiger partial charge < -0.3 is 14.6 Å². The Labute approximate surface area is 167 Å². The smallest absolute Gasteiger partial charge is 0.253 e. The van der Waals surface area contributed by atoms with E-state index in [1.54, 1.807) is 32.0 Å². The molecule has 29 heavy (non-hydrogen) atoms.